The summed E-state index contributed by atoms with van der Waals surface area (Å²) in [6, 6.07) is 19.8. The molecule has 0 bridgehead atoms. The molecule has 8 nitrogen and oxygen atoms in total. The van der Waals surface area contributed by atoms with Crippen molar-refractivity contribution in [2.24, 2.45) is 0 Å². The third-order valence-electron chi connectivity index (χ3n) is 5.04. The molecule has 0 saturated heterocycles. The molecule has 0 saturated carbocycles. The van der Waals surface area contributed by atoms with Gasteiger partial charge in [0.05, 0.1) is 5.69 Å². The van der Waals surface area contributed by atoms with Gasteiger partial charge in [-0.05, 0) is 35.8 Å². The minimum absolute atomic E-state index is 0.0135. The SMILES string of the molecule is CCCc1nn2c(=O)cc(COc3ccc(C=C(C#N)C(=O)NCc4ccccc4)cc3)nc2s1. The van der Waals surface area contributed by atoms with Crippen LogP contribution in [0.2, 0.25) is 0 Å². The van der Waals surface area contributed by atoms with Gasteiger partial charge in [-0.25, -0.2) is 4.98 Å². The van der Waals surface area contributed by atoms with Gasteiger partial charge in [0.1, 0.15) is 29.0 Å². The largest absolute Gasteiger partial charge is 0.487 e. The molecule has 4 aromatic rings. The number of carbonyl (C=O) groups excluding carboxylic acids is 1. The van der Waals surface area contributed by atoms with E-state index in [0.29, 0.717) is 28.5 Å². The van der Waals surface area contributed by atoms with Crippen LogP contribution in [-0.2, 0) is 24.4 Å². The average molecular weight is 486 g/mol. The molecule has 0 radical (unpaired) electrons. The second kappa shape index (κ2) is 11.2. The molecular weight excluding hydrogens is 462 g/mol. The van der Waals surface area contributed by atoms with E-state index in [1.165, 1.54) is 28.0 Å². The van der Waals surface area contributed by atoms with Crippen LogP contribution in [0.25, 0.3) is 11.0 Å². The van der Waals surface area contributed by atoms with Crippen LogP contribution in [0.1, 0.15) is 35.2 Å². The van der Waals surface area contributed by atoms with Crippen LogP contribution in [0.3, 0.4) is 0 Å². The van der Waals surface area contributed by atoms with Gasteiger partial charge in [-0.1, -0.05) is 60.7 Å². The first-order valence-electron chi connectivity index (χ1n) is 11.1. The Bertz CT molecular complexity index is 1450. The van der Waals surface area contributed by atoms with Crippen molar-refractivity contribution in [3.8, 4) is 11.8 Å². The molecule has 1 N–H and O–H groups in total. The van der Waals surface area contributed by atoms with Gasteiger partial charge in [-0.3, -0.25) is 9.59 Å². The second-order valence-electron chi connectivity index (χ2n) is 7.72. The lowest BCUT2D eigenvalue weighted by Gasteiger charge is -2.07. The van der Waals surface area contributed by atoms with E-state index in [1.54, 1.807) is 24.3 Å². The molecule has 4 rings (SSSR count). The Morgan fingerprint density at radius 2 is 1.97 bits per heavy atom. The predicted molar refractivity (Wildman–Crippen MR) is 134 cm³/mol. The zero-order valence-corrected chi connectivity index (χ0v) is 19.9. The normalized spacial score (nSPS) is 11.3. The zero-order valence-electron chi connectivity index (χ0n) is 19.1. The Balaban J connectivity index is 1.38. The first-order valence-corrected chi connectivity index (χ1v) is 11.9. The monoisotopic (exact) mass is 485 g/mol. The molecule has 2 aromatic carbocycles. The highest BCUT2D eigenvalue weighted by molar-refractivity contribution is 7.16. The Hall–Kier alpha value is -4.29. The maximum absolute atomic E-state index is 12.4. The molecule has 0 aliphatic rings. The molecule has 0 unspecified atom stereocenters. The van der Waals surface area contributed by atoms with E-state index in [0.717, 1.165) is 23.4 Å². The molecule has 0 aliphatic heterocycles. The van der Waals surface area contributed by atoms with Crippen molar-refractivity contribution < 1.29 is 9.53 Å². The molecule has 2 heterocycles. The van der Waals surface area contributed by atoms with Crippen molar-refractivity contribution in [2.75, 3.05) is 0 Å². The molecule has 0 spiro atoms. The summed E-state index contributed by atoms with van der Waals surface area (Å²) in [6.07, 6.45) is 3.28. The lowest BCUT2D eigenvalue weighted by atomic mass is 10.1. The minimum atomic E-state index is -0.436. The van der Waals surface area contributed by atoms with E-state index in [9.17, 15) is 14.9 Å². The van der Waals surface area contributed by atoms with Crippen LogP contribution < -0.4 is 15.6 Å². The van der Waals surface area contributed by atoms with Crippen molar-refractivity contribution in [1.29, 1.82) is 5.26 Å². The highest BCUT2D eigenvalue weighted by atomic mass is 32.1. The Kier molecular flexibility index (Phi) is 7.65. The fourth-order valence-electron chi connectivity index (χ4n) is 3.29. The van der Waals surface area contributed by atoms with Crippen LogP contribution in [0.15, 0.2) is 71.0 Å². The van der Waals surface area contributed by atoms with E-state index in [4.69, 9.17) is 4.74 Å². The van der Waals surface area contributed by atoms with E-state index in [-0.39, 0.29) is 17.7 Å². The maximum atomic E-state index is 12.4. The molecule has 0 aliphatic carbocycles. The van der Waals surface area contributed by atoms with Crippen molar-refractivity contribution in [3.05, 3.63) is 98.4 Å². The summed E-state index contributed by atoms with van der Waals surface area (Å²) >= 11 is 1.41. The van der Waals surface area contributed by atoms with E-state index < -0.39 is 5.91 Å². The van der Waals surface area contributed by atoms with Gasteiger partial charge in [0.2, 0.25) is 4.96 Å². The van der Waals surface area contributed by atoms with Gasteiger partial charge in [-0.15, -0.1) is 0 Å². The number of nitrogens with one attached hydrogen (secondary N) is 1. The number of nitrogens with zero attached hydrogens (tertiary/aromatic N) is 4. The van der Waals surface area contributed by atoms with Crippen LogP contribution >= 0.6 is 11.3 Å². The number of benzene rings is 2. The average Bonchev–Trinajstić information content (AvgIpc) is 3.29. The molecule has 9 heteroatoms. The molecule has 0 fully saturated rings. The Morgan fingerprint density at radius 1 is 1.20 bits per heavy atom. The summed E-state index contributed by atoms with van der Waals surface area (Å²) < 4.78 is 7.10. The quantitative estimate of drug-likeness (QED) is 0.284. The number of amides is 1. The van der Waals surface area contributed by atoms with E-state index >= 15 is 0 Å². The third kappa shape index (κ3) is 6.19. The molecule has 1 amide bonds. The van der Waals surface area contributed by atoms with Crippen molar-refractivity contribution in [2.45, 2.75) is 32.9 Å². The smallest absolute Gasteiger partial charge is 0.275 e. The number of rotatable bonds is 9. The summed E-state index contributed by atoms with van der Waals surface area (Å²) in [4.78, 5) is 29.7. The van der Waals surface area contributed by atoms with Crippen LogP contribution in [0.4, 0.5) is 0 Å². The highest BCUT2D eigenvalue weighted by Gasteiger charge is 2.10. The van der Waals surface area contributed by atoms with Gasteiger partial charge in [0, 0.05) is 19.0 Å². The predicted octanol–water partition coefficient (Wildman–Crippen LogP) is 3.91. The summed E-state index contributed by atoms with van der Waals surface area (Å²) in [5, 5.41) is 17.3. The first-order chi connectivity index (χ1) is 17.1. The fourth-order valence-corrected chi connectivity index (χ4v) is 4.31. The first kappa shape index (κ1) is 23.9. The van der Waals surface area contributed by atoms with Gasteiger partial charge in [0.15, 0.2) is 0 Å². The number of hydrogen-bond donors (Lipinski definition) is 1. The lowest BCUT2D eigenvalue weighted by Crippen LogP contribution is -2.23. The molecule has 176 valence electrons. The van der Waals surface area contributed by atoms with Crippen molar-refractivity contribution in [3.63, 3.8) is 0 Å². The number of aromatic nitrogens is 3. The van der Waals surface area contributed by atoms with Gasteiger partial charge >= 0.3 is 0 Å². The molecule has 2 aromatic heterocycles. The second-order valence-corrected chi connectivity index (χ2v) is 8.76. The van der Waals surface area contributed by atoms with Gasteiger partial charge < -0.3 is 10.1 Å². The third-order valence-corrected chi connectivity index (χ3v) is 6.01. The standard InChI is InChI=1S/C26H23N5O3S/c1-2-6-23-30-31-24(32)14-21(29-26(31)35-23)17-34-22-11-9-18(10-12-22)13-20(15-27)25(33)28-16-19-7-4-3-5-8-19/h3-5,7-14H,2,6,16-17H2,1H3,(H,28,33). The highest BCUT2D eigenvalue weighted by Crippen LogP contribution is 2.17. The molecule has 0 atom stereocenters. The van der Waals surface area contributed by atoms with Gasteiger partial charge in [-0.2, -0.15) is 14.9 Å². The zero-order chi connectivity index (χ0) is 24.6. The van der Waals surface area contributed by atoms with Crippen LogP contribution in [0, 0.1) is 11.3 Å². The number of aryl methyl sites for hydroxylation is 1. The van der Waals surface area contributed by atoms with Crippen LogP contribution in [-0.4, -0.2) is 20.5 Å². The Morgan fingerprint density at radius 3 is 2.69 bits per heavy atom. The summed E-state index contributed by atoms with van der Waals surface area (Å²) in [7, 11) is 0. The van der Waals surface area contributed by atoms with E-state index in [2.05, 4.69) is 22.3 Å². The van der Waals surface area contributed by atoms with Crippen molar-refractivity contribution in [1.82, 2.24) is 19.9 Å². The number of hydrogen-bond acceptors (Lipinski definition) is 7. The van der Waals surface area contributed by atoms with E-state index in [1.807, 2.05) is 36.4 Å². The fraction of sp³-hybridized carbons (Fsp3) is 0.192. The number of nitriles is 1. The molecular formula is C26H23N5O3S. The number of fused-ring (bicyclic) bond motifs is 1. The van der Waals surface area contributed by atoms with Crippen LogP contribution in [0.5, 0.6) is 5.75 Å². The van der Waals surface area contributed by atoms with Gasteiger partial charge in [0.25, 0.3) is 11.5 Å². The summed E-state index contributed by atoms with van der Waals surface area (Å²) in [5.41, 5.74) is 1.94. The summed E-state index contributed by atoms with van der Waals surface area (Å²) in [5.74, 6) is 0.141. The molecule has 35 heavy (non-hydrogen) atoms. The topological polar surface area (TPSA) is 109 Å². The summed E-state index contributed by atoms with van der Waals surface area (Å²) in [6.45, 7) is 2.54. The Labute approximate surface area is 206 Å². The maximum Gasteiger partial charge on any atom is 0.275 e. The van der Waals surface area contributed by atoms with Crippen molar-refractivity contribution >= 4 is 28.3 Å². The number of carbonyl (C=O) groups is 1. The number of ether oxygens (including phenoxy) is 1. The lowest BCUT2D eigenvalue weighted by molar-refractivity contribution is -0.117. The minimum Gasteiger partial charge on any atom is -0.487 e.